The lowest BCUT2D eigenvalue weighted by Gasteiger charge is -2.18. The molecule has 1 aromatic carbocycles. The monoisotopic (exact) mass is 222 g/mol. The van der Waals surface area contributed by atoms with Gasteiger partial charge in [-0.05, 0) is 24.2 Å². The van der Waals surface area contributed by atoms with Gasteiger partial charge in [0.05, 0.1) is 6.07 Å². The Labute approximate surface area is 96.1 Å². The van der Waals surface area contributed by atoms with Gasteiger partial charge in [-0.15, -0.1) is 0 Å². The van der Waals surface area contributed by atoms with Crippen LogP contribution in [0.25, 0.3) is 0 Å². The molecule has 15 heavy (non-hydrogen) atoms. The van der Waals surface area contributed by atoms with Gasteiger partial charge in [0.25, 0.3) is 0 Å². The summed E-state index contributed by atoms with van der Waals surface area (Å²) in [7, 11) is 0. The van der Waals surface area contributed by atoms with Crippen molar-refractivity contribution >= 4 is 11.6 Å². The molecule has 0 fully saturated rings. The van der Waals surface area contributed by atoms with Crippen LogP contribution in [0, 0.1) is 11.3 Å². The fourth-order valence-corrected chi connectivity index (χ4v) is 1.66. The first-order chi connectivity index (χ1) is 7.26. The molecular weight excluding hydrogens is 208 g/mol. The molecular formula is C12H15ClN2. The number of halogens is 1. The predicted molar refractivity (Wildman–Crippen MR) is 62.6 cm³/mol. The van der Waals surface area contributed by atoms with Gasteiger partial charge in [0, 0.05) is 24.5 Å². The van der Waals surface area contributed by atoms with Crippen LogP contribution in [0.1, 0.15) is 18.9 Å². The number of nitrogens with zero attached hydrogens (tertiary/aromatic N) is 2. The molecule has 0 bridgehead atoms. The maximum atomic E-state index is 8.52. The van der Waals surface area contributed by atoms with E-state index in [1.807, 2.05) is 18.2 Å². The molecule has 2 nitrogen and oxygen atoms in total. The zero-order valence-corrected chi connectivity index (χ0v) is 9.67. The van der Waals surface area contributed by atoms with Crippen LogP contribution in [0.15, 0.2) is 24.3 Å². The molecule has 0 aliphatic carbocycles. The highest BCUT2D eigenvalue weighted by Crippen LogP contribution is 2.12. The standard InChI is InChI=1S/C12H15ClN2/c1-2-15(8-4-7-14)10-11-5-3-6-12(13)9-11/h3,5-6,9H,2,4,8,10H2,1H3. The third-order valence-corrected chi connectivity index (χ3v) is 2.52. The zero-order valence-electron chi connectivity index (χ0n) is 8.91. The second-order valence-electron chi connectivity index (χ2n) is 3.41. The van der Waals surface area contributed by atoms with Crippen molar-refractivity contribution < 1.29 is 0 Å². The molecule has 0 aliphatic rings. The minimum atomic E-state index is 0.578. The topological polar surface area (TPSA) is 27.0 Å². The van der Waals surface area contributed by atoms with Crippen LogP contribution < -0.4 is 0 Å². The smallest absolute Gasteiger partial charge is 0.0635 e. The number of hydrogen-bond donors (Lipinski definition) is 0. The van der Waals surface area contributed by atoms with Gasteiger partial charge in [-0.3, -0.25) is 4.90 Å². The van der Waals surface area contributed by atoms with E-state index in [0.29, 0.717) is 6.42 Å². The Kier molecular flexibility index (Phi) is 5.17. The molecule has 0 aliphatic heterocycles. The van der Waals surface area contributed by atoms with Crippen LogP contribution in [-0.2, 0) is 6.54 Å². The van der Waals surface area contributed by atoms with E-state index in [4.69, 9.17) is 16.9 Å². The first-order valence-corrected chi connectivity index (χ1v) is 5.47. The third-order valence-electron chi connectivity index (χ3n) is 2.28. The molecule has 0 radical (unpaired) electrons. The van der Waals surface area contributed by atoms with Crippen LogP contribution in [0.3, 0.4) is 0 Å². The van der Waals surface area contributed by atoms with Crippen molar-refractivity contribution in [3.05, 3.63) is 34.9 Å². The van der Waals surface area contributed by atoms with Crippen molar-refractivity contribution in [3.8, 4) is 6.07 Å². The summed E-state index contributed by atoms with van der Waals surface area (Å²) < 4.78 is 0. The molecule has 0 N–H and O–H groups in total. The lowest BCUT2D eigenvalue weighted by atomic mass is 10.2. The summed E-state index contributed by atoms with van der Waals surface area (Å²) in [6.45, 7) is 4.73. The van der Waals surface area contributed by atoms with Gasteiger partial charge < -0.3 is 0 Å². The van der Waals surface area contributed by atoms with Crippen LogP contribution in [0.4, 0.5) is 0 Å². The quantitative estimate of drug-likeness (QED) is 0.766. The van der Waals surface area contributed by atoms with Crippen LogP contribution in [0.5, 0.6) is 0 Å². The van der Waals surface area contributed by atoms with Crippen LogP contribution in [0.2, 0.25) is 5.02 Å². The first-order valence-electron chi connectivity index (χ1n) is 5.10. The third kappa shape index (κ3) is 4.33. The molecule has 80 valence electrons. The molecule has 1 aromatic rings. The Balaban J connectivity index is 2.55. The average molecular weight is 223 g/mol. The second-order valence-corrected chi connectivity index (χ2v) is 3.84. The minimum Gasteiger partial charge on any atom is -0.298 e. The van der Waals surface area contributed by atoms with Gasteiger partial charge in [-0.2, -0.15) is 5.26 Å². The summed E-state index contributed by atoms with van der Waals surface area (Å²) in [5.41, 5.74) is 1.20. The fourth-order valence-electron chi connectivity index (χ4n) is 1.45. The second kappa shape index (κ2) is 6.44. The van der Waals surface area contributed by atoms with E-state index in [0.717, 1.165) is 24.7 Å². The average Bonchev–Trinajstić information content (AvgIpc) is 2.24. The maximum Gasteiger partial charge on any atom is 0.0635 e. The predicted octanol–water partition coefficient (Wildman–Crippen LogP) is 3.08. The molecule has 0 aromatic heterocycles. The largest absolute Gasteiger partial charge is 0.298 e. The molecule has 0 saturated heterocycles. The van der Waals surface area contributed by atoms with E-state index in [1.165, 1.54) is 5.56 Å². The van der Waals surface area contributed by atoms with Crippen molar-refractivity contribution in [2.75, 3.05) is 13.1 Å². The molecule has 0 atom stereocenters. The van der Waals surface area contributed by atoms with Crippen LogP contribution in [-0.4, -0.2) is 18.0 Å². The van der Waals surface area contributed by atoms with Crippen molar-refractivity contribution in [2.45, 2.75) is 19.9 Å². The first kappa shape index (κ1) is 12.0. The van der Waals surface area contributed by atoms with Gasteiger partial charge in [0.1, 0.15) is 0 Å². The van der Waals surface area contributed by atoms with Crippen molar-refractivity contribution in [1.82, 2.24) is 4.90 Å². The van der Waals surface area contributed by atoms with E-state index in [9.17, 15) is 0 Å². The van der Waals surface area contributed by atoms with Crippen molar-refractivity contribution in [1.29, 1.82) is 5.26 Å². The van der Waals surface area contributed by atoms with Gasteiger partial charge in [-0.1, -0.05) is 30.7 Å². The highest BCUT2D eigenvalue weighted by Gasteiger charge is 2.03. The van der Waals surface area contributed by atoms with E-state index in [1.54, 1.807) is 0 Å². The Morgan fingerprint density at radius 3 is 2.87 bits per heavy atom. The normalized spacial score (nSPS) is 10.3. The summed E-state index contributed by atoms with van der Waals surface area (Å²) >= 11 is 5.90. The van der Waals surface area contributed by atoms with E-state index >= 15 is 0 Å². The molecule has 3 heteroatoms. The number of hydrogen-bond acceptors (Lipinski definition) is 2. The number of benzene rings is 1. The van der Waals surface area contributed by atoms with E-state index in [2.05, 4.69) is 24.0 Å². The lowest BCUT2D eigenvalue weighted by Crippen LogP contribution is -2.23. The van der Waals surface area contributed by atoms with E-state index in [-0.39, 0.29) is 0 Å². The number of rotatable bonds is 5. The summed E-state index contributed by atoms with van der Waals surface area (Å²) in [5, 5.41) is 9.29. The van der Waals surface area contributed by atoms with Gasteiger partial charge in [0.2, 0.25) is 0 Å². The lowest BCUT2D eigenvalue weighted by molar-refractivity contribution is 0.287. The molecule has 1 rings (SSSR count). The van der Waals surface area contributed by atoms with Crippen molar-refractivity contribution in [3.63, 3.8) is 0 Å². The molecule has 0 amide bonds. The molecule has 0 unspecified atom stereocenters. The molecule has 0 saturated carbocycles. The number of nitriles is 1. The van der Waals surface area contributed by atoms with Crippen LogP contribution >= 0.6 is 11.6 Å². The highest BCUT2D eigenvalue weighted by molar-refractivity contribution is 6.30. The molecule has 0 spiro atoms. The summed E-state index contributed by atoms with van der Waals surface area (Å²) in [5.74, 6) is 0. The van der Waals surface area contributed by atoms with Crippen molar-refractivity contribution in [2.24, 2.45) is 0 Å². The Morgan fingerprint density at radius 2 is 2.27 bits per heavy atom. The maximum absolute atomic E-state index is 8.52. The van der Waals surface area contributed by atoms with E-state index < -0.39 is 0 Å². The highest BCUT2D eigenvalue weighted by atomic mass is 35.5. The fraction of sp³-hybridized carbons (Fsp3) is 0.417. The van der Waals surface area contributed by atoms with Gasteiger partial charge in [0.15, 0.2) is 0 Å². The SMILES string of the molecule is CCN(CCC#N)Cc1cccc(Cl)c1. The zero-order chi connectivity index (χ0) is 11.1. The minimum absolute atomic E-state index is 0.578. The summed E-state index contributed by atoms with van der Waals surface area (Å²) in [4.78, 5) is 2.23. The Bertz CT molecular complexity index is 344. The van der Waals surface area contributed by atoms with Gasteiger partial charge >= 0.3 is 0 Å². The summed E-state index contributed by atoms with van der Waals surface area (Å²) in [6.07, 6.45) is 0.578. The van der Waals surface area contributed by atoms with Gasteiger partial charge in [-0.25, -0.2) is 0 Å². The summed E-state index contributed by atoms with van der Waals surface area (Å²) in [6, 6.07) is 10.0. The Morgan fingerprint density at radius 1 is 1.47 bits per heavy atom. The molecule has 0 heterocycles. The Hall–Kier alpha value is -1.04.